The van der Waals surface area contributed by atoms with Gasteiger partial charge in [0.2, 0.25) is 6.79 Å². The number of hydrogen-bond acceptors (Lipinski definition) is 4. The van der Waals surface area contributed by atoms with Crippen molar-refractivity contribution in [1.29, 1.82) is 0 Å². The van der Waals surface area contributed by atoms with Crippen LogP contribution >= 0.6 is 12.2 Å². The third-order valence-corrected chi connectivity index (χ3v) is 5.72. The summed E-state index contributed by atoms with van der Waals surface area (Å²) in [4.78, 5) is 6.75. The Kier molecular flexibility index (Phi) is 4.39. The minimum absolute atomic E-state index is 0.0298. The van der Waals surface area contributed by atoms with E-state index in [0.717, 1.165) is 22.9 Å². The fourth-order valence-corrected chi connectivity index (χ4v) is 4.28. The van der Waals surface area contributed by atoms with Crippen molar-refractivity contribution in [3.63, 3.8) is 0 Å². The first-order chi connectivity index (χ1) is 14.1. The first-order valence-corrected chi connectivity index (χ1v) is 10.1. The number of anilines is 1. The van der Waals surface area contributed by atoms with E-state index in [1.807, 2.05) is 42.6 Å². The van der Waals surface area contributed by atoms with Crippen LogP contribution in [-0.4, -0.2) is 21.5 Å². The highest BCUT2D eigenvalue weighted by molar-refractivity contribution is 7.80. The van der Waals surface area contributed by atoms with Gasteiger partial charge < -0.3 is 24.3 Å². The fraction of sp³-hybridized carbons (Fsp3) is 0.273. The first kappa shape index (κ1) is 18.0. The second kappa shape index (κ2) is 7.08. The average molecular weight is 407 g/mol. The molecule has 148 valence electrons. The summed E-state index contributed by atoms with van der Waals surface area (Å²) in [6.45, 7) is 4.60. The van der Waals surface area contributed by atoms with E-state index in [1.165, 1.54) is 5.56 Å². The Morgan fingerprint density at radius 1 is 1.14 bits per heavy atom. The summed E-state index contributed by atoms with van der Waals surface area (Å²) in [6, 6.07) is 14.4. The Bertz CT molecular complexity index is 1050. The van der Waals surface area contributed by atoms with Gasteiger partial charge in [-0.05, 0) is 62.0 Å². The normalized spacial score (nSPS) is 20.4. The SMILES string of the molecule is CC(C)n1ccc([C@@H]2[C@@H](c3ccccn3)NC(=S)N2c2ccc3c(c2)OCO3)c1. The Balaban J connectivity index is 1.60. The molecule has 0 unspecified atom stereocenters. The number of hydrogen-bond donors (Lipinski definition) is 1. The van der Waals surface area contributed by atoms with E-state index < -0.39 is 0 Å². The van der Waals surface area contributed by atoms with Gasteiger partial charge in [-0.2, -0.15) is 0 Å². The van der Waals surface area contributed by atoms with Gasteiger partial charge >= 0.3 is 0 Å². The molecular weight excluding hydrogens is 384 g/mol. The molecule has 2 aromatic heterocycles. The molecule has 4 heterocycles. The Labute approximate surface area is 175 Å². The number of nitrogens with one attached hydrogen (secondary N) is 1. The second-order valence-corrected chi connectivity index (χ2v) is 7.91. The van der Waals surface area contributed by atoms with Gasteiger partial charge in [-0.3, -0.25) is 4.98 Å². The molecule has 2 aliphatic rings. The standard InChI is InChI=1S/C22H22N4O2S/c1-14(2)25-10-8-15(12-25)21-20(17-5-3-4-9-23-17)24-22(29)26(21)16-6-7-18-19(11-16)28-13-27-18/h3-12,14,20-21H,13H2,1-2H3,(H,24,29)/t20-,21-/m1/s1. The zero-order chi connectivity index (χ0) is 20.0. The van der Waals surface area contributed by atoms with Crippen molar-refractivity contribution in [2.45, 2.75) is 32.0 Å². The topological polar surface area (TPSA) is 51.6 Å². The van der Waals surface area contributed by atoms with Gasteiger partial charge in [0.05, 0.1) is 17.8 Å². The number of ether oxygens (including phenoxy) is 2. The molecule has 1 N–H and O–H groups in total. The van der Waals surface area contributed by atoms with E-state index in [9.17, 15) is 0 Å². The molecule has 29 heavy (non-hydrogen) atoms. The molecule has 0 radical (unpaired) electrons. The van der Waals surface area contributed by atoms with Crippen LogP contribution in [0.25, 0.3) is 0 Å². The Morgan fingerprint density at radius 3 is 2.76 bits per heavy atom. The van der Waals surface area contributed by atoms with E-state index in [-0.39, 0.29) is 18.9 Å². The molecule has 3 aromatic rings. The molecule has 6 nitrogen and oxygen atoms in total. The van der Waals surface area contributed by atoms with Crippen molar-refractivity contribution in [2.75, 3.05) is 11.7 Å². The number of rotatable bonds is 4. The predicted octanol–water partition coefficient (Wildman–Crippen LogP) is 4.37. The lowest BCUT2D eigenvalue weighted by atomic mass is 9.98. The van der Waals surface area contributed by atoms with E-state index in [1.54, 1.807) is 0 Å². The number of fused-ring (bicyclic) bond motifs is 1. The third kappa shape index (κ3) is 3.11. The van der Waals surface area contributed by atoms with Crippen molar-refractivity contribution in [3.05, 3.63) is 72.3 Å². The monoisotopic (exact) mass is 406 g/mol. The third-order valence-electron chi connectivity index (χ3n) is 5.41. The molecule has 1 aromatic carbocycles. The summed E-state index contributed by atoms with van der Waals surface area (Å²) in [5.41, 5.74) is 3.10. The van der Waals surface area contributed by atoms with Crippen LogP contribution in [-0.2, 0) is 0 Å². The van der Waals surface area contributed by atoms with E-state index in [0.29, 0.717) is 11.2 Å². The molecule has 2 aliphatic heterocycles. The van der Waals surface area contributed by atoms with Gasteiger partial charge in [0.15, 0.2) is 16.6 Å². The lowest BCUT2D eigenvalue weighted by molar-refractivity contribution is 0.174. The molecule has 0 amide bonds. The van der Waals surface area contributed by atoms with Crippen LogP contribution in [0, 0.1) is 0 Å². The van der Waals surface area contributed by atoms with Gasteiger partial charge in [0, 0.05) is 36.4 Å². The summed E-state index contributed by atoms with van der Waals surface area (Å²) >= 11 is 5.77. The van der Waals surface area contributed by atoms with Gasteiger partial charge in [-0.25, -0.2) is 0 Å². The predicted molar refractivity (Wildman–Crippen MR) is 115 cm³/mol. The highest BCUT2D eigenvalue weighted by atomic mass is 32.1. The largest absolute Gasteiger partial charge is 0.454 e. The number of aromatic nitrogens is 2. The van der Waals surface area contributed by atoms with Gasteiger partial charge in [0.25, 0.3) is 0 Å². The fourth-order valence-electron chi connectivity index (χ4n) is 3.93. The zero-order valence-corrected chi connectivity index (χ0v) is 17.1. The zero-order valence-electron chi connectivity index (χ0n) is 16.3. The quantitative estimate of drug-likeness (QED) is 0.650. The van der Waals surface area contributed by atoms with Crippen LogP contribution in [0.1, 0.15) is 43.2 Å². The smallest absolute Gasteiger partial charge is 0.231 e. The molecule has 7 heteroatoms. The Hall–Kier alpha value is -3.06. The number of pyridine rings is 1. The van der Waals surface area contributed by atoms with Gasteiger partial charge in [0.1, 0.15) is 0 Å². The van der Waals surface area contributed by atoms with Crippen LogP contribution in [0.4, 0.5) is 5.69 Å². The van der Waals surface area contributed by atoms with Crippen LogP contribution < -0.4 is 19.7 Å². The number of nitrogens with zero attached hydrogens (tertiary/aromatic N) is 3. The molecule has 1 saturated heterocycles. The van der Waals surface area contributed by atoms with Gasteiger partial charge in [-0.1, -0.05) is 6.07 Å². The van der Waals surface area contributed by atoms with E-state index in [2.05, 4.69) is 52.1 Å². The summed E-state index contributed by atoms with van der Waals surface area (Å²) < 4.78 is 13.3. The summed E-state index contributed by atoms with van der Waals surface area (Å²) in [7, 11) is 0. The van der Waals surface area contributed by atoms with Crippen LogP contribution in [0.5, 0.6) is 11.5 Å². The van der Waals surface area contributed by atoms with Crippen LogP contribution in [0.15, 0.2) is 61.1 Å². The summed E-state index contributed by atoms with van der Waals surface area (Å²) in [5, 5.41) is 4.16. The number of thiocarbonyl (C=S) groups is 1. The maximum absolute atomic E-state index is 5.77. The molecule has 0 aliphatic carbocycles. The molecule has 5 rings (SSSR count). The van der Waals surface area contributed by atoms with Crippen molar-refractivity contribution in [3.8, 4) is 11.5 Å². The summed E-state index contributed by atoms with van der Waals surface area (Å²) in [5.74, 6) is 1.50. The average Bonchev–Trinajstić information content (AvgIpc) is 3.46. The minimum Gasteiger partial charge on any atom is -0.454 e. The molecular formula is C22H22N4O2S. The van der Waals surface area contributed by atoms with Crippen LogP contribution in [0.2, 0.25) is 0 Å². The molecule has 2 atom stereocenters. The van der Waals surface area contributed by atoms with Gasteiger partial charge in [-0.15, -0.1) is 0 Å². The first-order valence-electron chi connectivity index (χ1n) is 9.69. The van der Waals surface area contributed by atoms with Crippen molar-refractivity contribution in [2.24, 2.45) is 0 Å². The van der Waals surface area contributed by atoms with Crippen molar-refractivity contribution >= 4 is 23.0 Å². The van der Waals surface area contributed by atoms with E-state index in [4.69, 9.17) is 21.7 Å². The number of benzene rings is 1. The Morgan fingerprint density at radius 2 is 2.00 bits per heavy atom. The van der Waals surface area contributed by atoms with E-state index >= 15 is 0 Å². The van der Waals surface area contributed by atoms with Crippen molar-refractivity contribution < 1.29 is 9.47 Å². The molecule has 0 spiro atoms. The highest BCUT2D eigenvalue weighted by Gasteiger charge is 2.41. The second-order valence-electron chi connectivity index (χ2n) is 7.52. The molecule has 0 saturated carbocycles. The maximum atomic E-state index is 5.77. The lowest BCUT2D eigenvalue weighted by Crippen LogP contribution is -2.29. The minimum atomic E-state index is -0.0582. The summed E-state index contributed by atoms with van der Waals surface area (Å²) in [6.07, 6.45) is 6.13. The van der Waals surface area contributed by atoms with Crippen molar-refractivity contribution in [1.82, 2.24) is 14.9 Å². The molecule has 1 fully saturated rings. The lowest BCUT2D eigenvalue weighted by Gasteiger charge is -2.27. The van der Waals surface area contributed by atoms with Crippen LogP contribution in [0.3, 0.4) is 0 Å². The highest BCUT2D eigenvalue weighted by Crippen LogP contribution is 2.44. The molecule has 0 bridgehead atoms. The maximum Gasteiger partial charge on any atom is 0.231 e.